The topological polar surface area (TPSA) is 61.4 Å². The third-order valence-electron chi connectivity index (χ3n) is 3.95. The lowest BCUT2D eigenvalue weighted by Crippen LogP contribution is -2.31. The molecule has 0 atom stereocenters. The highest BCUT2D eigenvalue weighted by molar-refractivity contribution is 8.00. The van der Waals surface area contributed by atoms with Crippen LogP contribution in [-0.4, -0.2) is 24.7 Å². The molecule has 1 heterocycles. The second kappa shape index (κ2) is 6.97. The maximum absolute atomic E-state index is 12.3. The van der Waals surface area contributed by atoms with E-state index in [0.717, 1.165) is 28.3 Å². The van der Waals surface area contributed by atoms with Gasteiger partial charge in [0.25, 0.3) is 0 Å². The van der Waals surface area contributed by atoms with Gasteiger partial charge in [-0.2, -0.15) is 0 Å². The van der Waals surface area contributed by atoms with Gasteiger partial charge in [0.1, 0.15) is 0 Å². The van der Waals surface area contributed by atoms with Crippen molar-refractivity contribution in [1.29, 1.82) is 0 Å². The molecule has 0 radical (unpaired) electrons. The largest absolute Gasteiger partial charge is 0.323 e. The Morgan fingerprint density at radius 1 is 1.21 bits per heavy atom. The Bertz CT molecular complexity index is 792. The fourth-order valence-corrected chi connectivity index (χ4v) is 3.57. The average Bonchev–Trinajstić information content (AvgIpc) is 2.59. The second-order valence-electron chi connectivity index (χ2n) is 5.51. The molecule has 0 aromatic heterocycles. The Kier molecular flexibility index (Phi) is 4.76. The molecule has 0 unspecified atom stereocenters. The molecule has 6 heteroatoms. The van der Waals surface area contributed by atoms with Gasteiger partial charge in [-0.15, -0.1) is 11.8 Å². The monoisotopic (exact) mass is 341 g/mol. The molecule has 0 saturated heterocycles. The summed E-state index contributed by atoms with van der Waals surface area (Å²) >= 11 is 1.52. The number of aryl methyl sites for hydroxylation is 1. The van der Waals surface area contributed by atoms with Gasteiger partial charge >= 0.3 is 6.03 Å². The van der Waals surface area contributed by atoms with E-state index in [1.165, 1.54) is 11.8 Å². The molecule has 5 nitrogen and oxygen atoms in total. The normalized spacial score (nSPS) is 13.4. The van der Waals surface area contributed by atoms with Gasteiger partial charge in [-0.25, -0.2) is 4.79 Å². The molecule has 0 spiro atoms. The number of para-hydroxylation sites is 1. The summed E-state index contributed by atoms with van der Waals surface area (Å²) in [6.45, 7) is 2.05. The molecule has 0 bridgehead atoms. The second-order valence-corrected chi connectivity index (χ2v) is 6.53. The number of anilines is 3. The number of thioether (sulfide) groups is 1. The number of amides is 3. The van der Waals surface area contributed by atoms with Crippen molar-refractivity contribution in [2.75, 3.05) is 28.3 Å². The predicted molar refractivity (Wildman–Crippen MR) is 99.0 cm³/mol. The lowest BCUT2D eigenvalue weighted by Gasteiger charge is -2.25. The van der Waals surface area contributed by atoms with Crippen LogP contribution in [-0.2, 0) is 11.2 Å². The highest BCUT2D eigenvalue weighted by Gasteiger charge is 2.21. The molecule has 0 fully saturated rings. The highest BCUT2D eigenvalue weighted by atomic mass is 32.2. The van der Waals surface area contributed by atoms with Crippen molar-refractivity contribution in [3.05, 3.63) is 48.0 Å². The fourth-order valence-electron chi connectivity index (χ4n) is 2.59. The minimum Gasteiger partial charge on any atom is -0.314 e. The molecule has 124 valence electrons. The molecular weight excluding hydrogens is 322 g/mol. The van der Waals surface area contributed by atoms with E-state index >= 15 is 0 Å². The zero-order valence-electron chi connectivity index (χ0n) is 13.6. The number of benzene rings is 2. The lowest BCUT2D eigenvalue weighted by molar-refractivity contribution is -0.116. The zero-order valence-corrected chi connectivity index (χ0v) is 14.4. The standard InChI is InChI=1S/C18H19N3O2S/c1-3-12-6-4-5-7-14(12)20-18(23)19-13-8-9-16-15(10-13)21(2)17(22)11-24-16/h4-10H,3,11H2,1-2H3,(H2,19,20,23). The van der Waals surface area contributed by atoms with Crippen LogP contribution in [0, 0.1) is 0 Å². The van der Waals surface area contributed by atoms with Crippen molar-refractivity contribution in [3.63, 3.8) is 0 Å². The minimum absolute atomic E-state index is 0.0611. The summed E-state index contributed by atoms with van der Waals surface area (Å²) in [5, 5.41) is 5.70. The molecule has 0 aliphatic carbocycles. The summed E-state index contributed by atoms with van der Waals surface area (Å²) < 4.78 is 0. The number of rotatable bonds is 3. The fraction of sp³-hybridized carbons (Fsp3) is 0.222. The molecule has 3 rings (SSSR count). The molecule has 1 aliphatic heterocycles. The van der Waals surface area contributed by atoms with Crippen molar-refractivity contribution >= 4 is 40.8 Å². The Hall–Kier alpha value is -2.47. The quantitative estimate of drug-likeness (QED) is 0.888. The number of fused-ring (bicyclic) bond motifs is 1. The van der Waals surface area contributed by atoms with Gasteiger partial charge < -0.3 is 15.5 Å². The minimum atomic E-state index is -0.298. The van der Waals surface area contributed by atoms with Crippen LogP contribution in [0.1, 0.15) is 12.5 Å². The molecule has 24 heavy (non-hydrogen) atoms. The van der Waals surface area contributed by atoms with E-state index in [4.69, 9.17) is 0 Å². The molecule has 2 aromatic carbocycles. The van der Waals surface area contributed by atoms with Crippen LogP contribution in [0.3, 0.4) is 0 Å². The number of hydrogen-bond acceptors (Lipinski definition) is 3. The number of hydrogen-bond donors (Lipinski definition) is 2. The molecule has 2 N–H and O–H groups in total. The third-order valence-corrected chi connectivity index (χ3v) is 5.00. The van der Waals surface area contributed by atoms with E-state index in [2.05, 4.69) is 10.6 Å². The van der Waals surface area contributed by atoms with E-state index in [1.54, 1.807) is 11.9 Å². The van der Waals surface area contributed by atoms with Crippen LogP contribution in [0.2, 0.25) is 0 Å². The molecule has 2 aromatic rings. The van der Waals surface area contributed by atoms with Gasteiger partial charge in [0.2, 0.25) is 5.91 Å². The maximum Gasteiger partial charge on any atom is 0.323 e. The van der Waals surface area contributed by atoms with Gasteiger partial charge in [-0.05, 0) is 36.2 Å². The van der Waals surface area contributed by atoms with Crippen LogP contribution in [0.4, 0.5) is 21.9 Å². The van der Waals surface area contributed by atoms with Crippen molar-refractivity contribution < 1.29 is 9.59 Å². The van der Waals surface area contributed by atoms with Crippen LogP contribution in [0.15, 0.2) is 47.4 Å². The Morgan fingerprint density at radius 3 is 2.79 bits per heavy atom. The maximum atomic E-state index is 12.3. The first kappa shape index (κ1) is 16.4. The van der Waals surface area contributed by atoms with E-state index in [0.29, 0.717) is 11.4 Å². The summed E-state index contributed by atoms with van der Waals surface area (Å²) in [6, 6.07) is 13.0. The summed E-state index contributed by atoms with van der Waals surface area (Å²) in [5.74, 6) is 0.510. The molecule has 3 amide bonds. The van der Waals surface area contributed by atoms with Crippen molar-refractivity contribution in [1.82, 2.24) is 0 Å². The molecule has 0 saturated carbocycles. The average molecular weight is 341 g/mol. The summed E-state index contributed by atoms with van der Waals surface area (Å²) in [6.07, 6.45) is 0.847. The Morgan fingerprint density at radius 2 is 2.00 bits per heavy atom. The SMILES string of the molecule is CCc1ccccc1NC(=O)Nc1ccc2c(c1)N(C)C(=O)CS2. The zero-order chi connectivity index (χ0) is 17.1. The van der Waals surface area contributed by atoms with Gasteiger partial charge in [-0.1, -0.05) is 25.1 Å². The first-order chi connectivity index (χ1) is 11.6. The van der Waals surface area contributed by atoms with E-state index in [1.807, 2.05) is 49.4 Å². The summed E-state index contributed by atoms with van der Waals surface area (Å²) in [5.41, 5.74) is 3.36. The third kappa shape index (κ3) is 3.38. The van der Waals surface area contributed by atoms with E-state index < -0.39 is 0 Å². The number of urea groups is 1. The lowest BCUT2D eigenvalue weighted by atomic mass is 10.1. The summed E-state index contributed by atoms with van der Waals surface area (Å²) in [4.78, 5) is 26.7. The highest BCUT2D eigenvalue weighted by Crippen LogP contribution is 2.36. The van der Waals surface area contributed by atoms with Crippen molar-refractivity contribution in [2.45, 2.75) is 18.2 Å². The Labute approximate surface area is 145 Å². The van der Waals surface area contributed by atoms with Crippen molar-refractivity contribution in [2.24, 2.45) is 0 Å². The smallest absolute Gasteiger partial charge is 0.314 e. The Balaban J connectivity index is 1.74. The first-order valence-corrected chi connectivity index (χ1v) is 8.76. The van der Waals surface area contributed by atoms with Crippen LogP contribution in [0.5, 0.6) is 0 Å². The number of nitrogens with one attached hydrogen (secondary N) is 2. The van der Waals surface area contributed by atoms with Crippen molar-refractivity contribution in [3.8, 4) is 0 Å². The molecular formula is C18H19N3O2S. The number of carbonyl (C=O) groups is 2. The van der Waals surface area contributed by atoms with Gasteiger partial charge in [-0.3, -0.25) is 4.79 Å². The number of nitrogens with zero attached hydrogens (tertiary/aromatic N) is 1. The van der Waals surface area contributed by atoms with Gasteiger partial charge in [0, 0.05) is 23.3 Å². The van der Waals surface area contributed by atoms with Gasteiger partial charge in [0.05, 0.1) is 11.4 Å². The van der Waals surface area contributed by atoms with Crippen LogP contribution in [0.25, 0.3) is 0 Å². The van der Waals surface area contributed by atoms with Crippen LogP contribution < -0.4 is 15.5 Å². The van der Waals surface area contributed by atoms with Gasteiger partial charge in [0.15, 0.2) is 0 Å². The van der Waals surface area contributed by atoms with E-state index in [-0.39, 0.29) is 11.9 Å². The summed E-state index contributed by atoms with van der Waals surface area (Å²) in [7, 11) is 1.75. The van der Waals surface area contributed by atoms with E-state index in [9.17, 15) is 9.59 Å². The van der Waals surface area contributed by atoms with Crippen LogP contribution >= 0.6 is 11.8 Å². The predicted octanol–water partition coefficient (Wildman–Crippen LogP) is 3.96. The number of carbonyl (C=O) groups excluding carboxylic acids is 2. The first-order valence-electron chi connectivity index (χ1n) is 7.78. The molecule has 1 aliphatic rings.